The summed E-state index contributed by atoms with van der Waals surface area (Å²) in [4.78, 5) is 11.2. The summed E-state index contributed by atoms with van der Waals surface area (Å²) in [7, 11) is 1.67. The lowest BCUT2D eigenvalue weighted by Crippen LogP contribution is -2.21. The molecule has 0 fully saturated rings. The van der Waals surface area contributed by atoms with E-state index in [-0.39, 0.29) is 5.56 Å². The second kappa shape index (κ2) is 3.09. The molecule has 0 radical (unpaired) electrons. The van der Waals surface area contributed by atoms with Gasteiger partial charge in [-0.25, -0.2) is 4.68 Å². The van der Waals surface area contributed by atoms with Crippen LogP contribution in [0.3, 0.4) is 0 Å². The highest BCUT2D eigenvalue weighted by molar-refractivity contribution is 5.19. The zero-order valence-electron chi connectivity index (χ0n) is 7.96. The fraction of sp³-hybridized carbons (Fsp3) is 0.556. The molecule has 0 aromatic carbocycles. The molecule has 0 atom stereocenters. The summed E-state index contributed by atoms with van der Waals surface area (Å²) in [6, 6.07) is 1.66. The summed E-state index contributed by atoms with van der Waals surface area (Å²) in [6.07, 6.45) is 0. The number of hydrogen-bond acceptors (Lipinski definition) is 2. The van der Waals surface area contributed by atoms with Crippen molar-refractivity contribution in [3.05, 3.63) is 27.7 Å². The minimum Gasteiger partial charge on any atom is -0.268 e. The molecule has 3 heteroatoms. The Bertz CT molecular complexity index is 339. The van der Waals surface area contributed by atoms with Crippen molar-refractivity contribution in [3.63, 3.8) is 0 Å². The molecule has 0 bridgehead atoms. The van der Waals surface area contributed by atoms with E-state index in [4.69, 9.17) is 0 Å². The van der Waals surface area contributed by atoms with Gasteiger partial charge < -0.3 is 0 Å². The number of nitrogens with zero attached hydrogens (tertiary/aromatic N) is 2. The zero-order valence-corrected chi connectivity index (χ0v) is 7.96. The smallest absolute Gasteiger partial charge is 0.266 e. The van der Waals surface area contributed by atoms with Crippen LogP contribution in [0.15, 0.2) is 10.9 Å². The summed E-state index contributed by atoms with van der Waals surface area (Å²) in [6.45, 7) is 6.04. The molecule has 0 unspecified atom stereocenters. The van der Waals surface area contributed by atoms with Crippen molar-refractivity contribution in [2.24, 2.45) is 7.05 Å². The summed E-state index contributed by atoms with van der Waals surface area (Å²) in [5, 5.41) is 4.10. The number of hydrogen-bond donors (Lipinski definition) is 0. The Hall–Kier alpha value is -1.12. The van der Waals surface area contributed by atoms with E-state index in [1.165, 1.54) is 4.68 Å². The minimum absolute atomic E-state index is 0.0377. The van der Waals surface area contributed by atoms with Gasteiger partial charge in [0.05, 0.1) is 5.69 Å². The first kappa shape index (κ1) is 8.97. The van der Waals surface area contributed by atoms with Crippen molar-refractivity contribution < 1.29 is 0 Å². The standard InChI is InChI=1S/C9H14N2O/c1-6(2)8-5-9(12)11(4)10-7(8)3/h5-6H,1-4H3. The molecule has 3 nitrogen and oxygen atoms in total. The summed E-state index contributed by atoms with van der Waals surface area (Å²) >= 11 is 0. The van der Waals surface area contributed by atoms with Crippen LogP contribution in [0.4, 0.5) is 0 Å². The summed E-state index contributed by atoms with van der Waals surface area (Å²) in [5.74, 6) is 0.367. The third kappa shape index (κ3) is 1.55. The van der Waals surface area contributed by atoms with Crippen LogP contribution >= 0.6 is 0 Å². The molecule has 0 aliphatic carbocycles. The Morgan fingerprint density at radius 2 is 2.08 bits per heavy atom. The first-order valence-electron chi connectivity index (χ1n) is 4.07. The Kier molecular flexibility index (Phi) is 2.31. The van der Waals surface area contributed by atoms with Gasteiger partial charge in [0.1, 0.15) is 0 Å². The quantitative estimate of drug-likeness (QED) is 0.628. The average molecular weight is 166 g/mol. The van der Waals surface area contributed by atoms with Crippen LogP contribution in [0.25, 0.3) is 0 Å². The van der Waals surface area contributed by atoms with Gasteiger partial charge in [-0.15, -0.1) is 0 Å². The summed E-state index contributed by atoms with van der Waals surface area (Å²) < 4.78 is 1.36. The zero-order chi connectivity index (χ0) is 9.30. The van der Waals surface area contributed by atoms with Crippen molar-refractivity contribution in [1.82, 2.24) is 9.78 Å². The van der Waals surface area contributed by atoms with Gasteiger partial charge in [0.2, 0.25) is 0 Å². The molecule has 0 amide bonds. The highest BCUT2D eigenvalue weighted by Crippen LogP contribution is 2.13. The van der Waals surface area contributed by atoms with Gasteiger partial charge in [0, 0.05) is 13.1 Å². The van der Waals surface area contributed by atoms with Crippen molar-refractivity contribution in [3.8, 4) is 0 Å². The highest BCUT2D eigenvalue weighted by atomic mass is 16.1. The van der Waals surface area contributed by atoms with Gasteiger partial charge in [-0.2, -0.15) is 5.10 Å². The fourth-order valence-corrected chi connectivity index (χ4v) is 1.25. The summed E-state index contributed by atoms with van der Waals surface area (Å²) in [5.41, 5.74) is 1.94. The predicted octanol–water partition coefficient (Wildman–Crippen LogP) is 1.21. The lowest BCUT2D eigenvalue weighted by molar-refractivity contribution is 0.672. The number of aromatic nitrogens is 2. The average Bonchev–Trinajstić information content (AvgIpc) is 1.96. The van der Waals surface area contributed by atoms with E-state index >= 15 is 0 Å². The molecule has 1 rings (SSSR count). The molecule has 0 saturated carbocycles. The molecule has 0 N–H and O–H groups in total. The number of aryl methyl sites for hydroxylation is 2. The first-order valence-corrected chi connectivity index (χ1v) is 4.07. The molecule has 0 spiro atoms. The van der Waals surface area contributed by atoms with Gasteiger partial charge in [0.15, 0.2) is 0 Å². The third-order valence-corrected chi connectivity index (χ3v) is 1.94. The maximum Gasteiger partial charge on any atom is 0.266 e. The Morgan fingerprint density at radius 3 is 2.58 bits per heavy atom. The van der Waals surface area contributed by atoms with Crippen LogP contribution in [0, 0.1) is 6.92 Å². The van der Waals surface area contributed by atoms with Gasteiger partial charge in [-0.1, -0.05) is 13.8 Å². The monoisotopic (exact) mass is 166 g/mol. The third-order valence-electron chi connectivity index (χ3n) is 1.94. The second-order valence-corrected chi connectivity index (χ2v) is 3.30. The van der Waals surface area contributed by atoms with Crippen molar-refractivity contribution in [2.75, 3.05) is 0 Å². The Morgan fingerprint density at radius 1 is 1.50 bits per heavy atom. The van der Waals surface area contributed by atoms with Gasteiger partial charge in [-0.3, -0.25) is 4.79 Å². The van der Waals surface area contributed by atoms with Crippen LogP contribution in [0.2, 0.25) is 0 Å². The van der Waals surface area contributed by atoms with Crippen LogP contribution in [-0.2, 0) is 7.05 Å². The SMILES string of the molecule is Cc1nn(C)c(=O)cc1C(C)C. The largest absolute Gasteiger partial charge is 0.268 e. The Labute approximate surface area is 72.0 Å². The van der Waals surface area contributed by atoms with E-state index in [1.807, 2.05) is 6.92 Å². The number of rotatable bonds is 1. The maximum absolute atomic E-state index is 11.2. The molecule has 1 aromatic rings. The normalized spacial score (nSPS) is 10.8. The second-order valence-electron chi connectivity index (χ2n) is 3.30. The van der Waals surface area contributed by atoms with Gasteiger partial charge >= 0.3 is 0 Å². The molecular weight excluding hydrogens is 152 g/mol. The molecule has 66 valence electrons. The van der Waals surface area contributed by atoms with Gasteiger partial charge in [-0.05, 0) is 18.4 Å². The van der Waals surface area contributed by atoms with E-state index in [1.54, 1.807) is 13.1 Å². The molecule has 1 heterocycles. The van der Waals surface area contributed by atoms with Crippen LogP contribution < -0.4 is 5.56 Å². The Balaban J connectivity index is 3.33. The van der Waals surface area contributed by atoms with E-state index < -0.39 is 0 Å². The van der Waals surface area contributed by atoms with E-state index in [2.05, 4.69) is 18.9 Å². The van der Waals surface area contributed by atoms with Crippen LogP contribution in [-0.4, -0.2) is 9.78 Å². The predicted molar refractivity (Wildman–Crippen MR) is 48.3 cm³/mol. The molecule has 12 heavy (non-hydrogen) atoms. The highest BCUT2D eigenvalue weighted by Gasteiger charge is 2.05. The van der Waals surface area contributed by atoms with E-state index in [9.17, 15) is 4.79 Å². The first-order chi connectivity index (χ1) is 5.52. The molecule has 0 aliphatic rings. The van der Waals surface area contributed by atoms with Crippen LogP contribution in [0.5, 0.6) is 0 Å². The maximum atomic E-state index is 11.2. The van der Waals surface area contributed by atoms with E-state index in [0.717, 1.165) is 11.3 Å². The van der Waals surface area contributed by atoms with Crippen molar-refractivity contribution in [1.29, 1.82) is 0 Å². The van der Waals surface area contributed by atoms with Gasteiger partial charge in [0.25, 0.3) is 5.56 Å². The molecule has 0 aliphatic heterocycles. The van der Waals surface area contributed by atoms with Crippen LogP contribution in [0.1, 0.15) is 31.0 Å². The topological polar surface area (TPSA) is 34.9 Å². The van der Waals surface area contributed by atoms with Crippen molar-refractivity contribution >= 4 is 0 Å². The molecular formula is C9H14N2O. The molecule has 0 saturated heterocycles. The molecule has 1 aromatic heterocycles. The fourth-order valence-electron chi connectivity index (χ4n) is 1.25. The van der Waals surface area contributed by atoms with E-state index in [0.29, 0.717) is 5.92 Å². The lowest BCUT2D eigenvalue weighted by atomic mass is 10.0. The minimum atomic E-state index is -0.0377. The van der Waals surface area contributed by atoms with Crippen molar-refractivity contribution in [2.45, 2.75) is 26.7 Å². The lowest BCUT2D eigenvalue weighted by Gasteiger charge is -2.08.